The minimum Gasteiger partial charge on any atom is -0.399 e. The summed E-state index contributed by atoms with van der Waals surface area (Å²) in [6, 6.07) is 18.2. The van der Waals surface area contributed by atoms with Crippen LogP contribution in [0.4, 0.5) is 11.4 Å². The third-order valence-corrected chi connectivity index (χ3v) is 3.39. The Kier molecular flexibility index (Phi) is 4.27. The molecular formula is C17H19N3. The van der Waals surface area contributed by atoms with Gasteiger partial charge in [0.1, 0.15) is 0 Å². The van der Waals surface area contributed by atoms with Crippen LogP contribution in [0.2, 0.25) is 0 Å². The van der Waals surface area contributed by atoms with E-state index in [2.05, 4.69) is 35.2 Å². The maximum absolute atomic E-state index is 9.36. The van der Waals surface area contributed by atoms with Gasteiger partial charge >= 0.3 is 0 Å². The molecule has 2 aromatic rings. The first-order chi connectivity index (χ1) is 9.60. The van der Waals surface area contributed by atoms with Crippen molar-refractivity contribution in [3.8, 4) is 6.07 Å². The fourth-order valence-corrected chi connectivity index (χ4v) is 2.13. The van der Waals surface area contributed by atoms with Gasteiger partial charge in [-0.3, -0.25) is 0 Å². The van der Waals surface area contributed by atoms with Crippen LogP contribution in [0.15, 0.2) is 48.5 Å². The molecule has 0 fully saturated rings. The first kappa shape index (κ1) is 14.0. The zero-order valence-electron chi connectivity index (χ0n) is 11.9. The average Bonchev–Trinajstić information content (AvgIpc) is 2.46. The Bertz CT molecular complexity index is 592. The van der Waals surface area contributed by atoms with Crippen molar-refractivity contribution in [2.45, 2.75) is 12.3 Å². The van der Waals surface area contributed by atoms with Crippen molar-refractivity contribution >= 4 is 11.4 Å². The van der Waals surface area contributed by atoms with E-state index < -0.39 is 0 Å². The highest BCUT2D eigenvalue weighted by Gasteiger charge is 2.11. The fourth-order valence-electron chi connectivity index (χ4n) is 2.13. The number of nitrogens with two attached hydrogens (primary N) is 1. The molecule has 0 bridgehead atoms. The van der Waals surface area contributed by atoms with Crippen LogP contribution in [-0.2, 0) is 6.42 Å². The molecule has 0 unspecified atom stereocenters. The first-order valence-electron chi connectivity index (χ1n) is 6.61. The number of hydrogen-bond acceptors (Lipinski definition) is 3. The van der Waals surface area contributed by atoms with E-state index in [4.69, 9.17) is 5.73 Å². The van der Waals surface area contributed by atoms with Crippen molar-refractivity contribution in [3.63, 3.8) is 0 Å². The SMILES string of the molecule is CN(C)c1ccc(C[C@H](C#N)c2ccc(N)cc2)cc1. The zero-order chi connectivity index (χ0) is 14.5. The maximum atomic E-state index is 9.36. The Morgan fingerprint density at radius 3 is 2.15 bits per heavy atom. The van der Waals surface area contributed by atoms with Gasteiger partial charge in [0.15, 0.2) is 0 Å². The van der Waals surface area contributed by atoms with Crippen molar-refractivity contribution in [3.05, 3.63) is 59.7 Å². The molecule has 0 aromatic heterocycles. The molecule has 0 aliphatic rings. The third-order valence-electron chi connectivity index (χ3n) is 3.39. The van der Waals surface area contributed by atoms with Crippen LogP contribution >= 0.6 is 0 Å². The highest BCUT2D eigenvalue weighted by atomic mass is 15.1. The normalized spacial score (nSPS) is 11.7. The Labute approximate surface area is 120 Å². The van der Waals surface area contributed by atoms with E-state index in [1.807, 2.05) is 38.4 Å². The lowest BCUT2D eigenvalue weighted by molar-refractivity contribution is 0.849. The molecule has 0 amide bonds. The highest BCUT2D eigenvalue weighted by molar-refractivity contribution is 5.47. The molecule has 20 heavy (non-hydrogen) atoms. The summed E-state index contributed by atoms with van der Waals surface area (Å²) >= 11 is 0. The summed E-state index contributed by atoms with van der Waals surface area (Å²) in [5.41, 5.74) is 9.74. The average molecular weight is 265 g/mol. The molecule has 2 aromatic carbocycles. The van der Waals surface area contributed by atoms with Gasteiger partial charge in [-0.1, -0.05) is 24.3 Å². The van der Waals surface area contributed by atoms with Crippen LogP contribution in [0, 0.1) is 11.3 Å². The van der Waals surface area contributed by atoms with Crippen LogP contribution in [0.25, 0.3) is 0 Å². The highest BCUT2D eigenvalue weighted by Crippen LogP contribution is 2.22. The van der Waals surface area contributed by atoms with Gasteiger partial charge in [-0.05, 0) is 41.8 Å². The van der Waals surface area contributed by atoms with E-state index in [0.29, 0.717) is 6.42 Å². The van der Waals surface area contributed by atoms with E-state index in [1.54, 1.807) is 0 Å². The molecule has 0 heterocycles. The predicted molar refractivity (Wildman–Crippen MR) is 83.7 cm³/mol. The first-order valence-corrected chi connectivity index (χ1v) is 6.61. The van der Waals surface area contributed by atoms with Crippen molar-refractivity contribution in [2.24, 2.45) is 0 Å². The van der Waals surface area contributed by atoms with Crippen LogP contribution in [0.3, 0.4) is 0 Å². The zero-order valence-corrected chi connectivity index (χ0v) is 11.9. The molecule has 2 rings (SSSR count). The predicted octanol–water partition coefficient (Wildman–Crippen LogP) is 3.18. The summed E-state index contributed by atoms with van der Waals surface area (Å²) in [5, 5.41) is 9.36. The van der Waals surface area contributed by atoms with Crippen molar-refractivity contribution in [1.29, 1.82) is 5.26 Å². The number of anilines is 2. The Morgan fingerprint density at radius 2 is 1.65 bits per heavy atom. The summed E-state index contributed by atoms with van der Waals surface area (Å²) in [6.07, 6.45) is 0.716. The second kappa shape index (κ2) is 6.12. The fraction of sp³-hybridized carbons (Fsp3) is 0.235. The van der Waals surface area contributed by atoms with E-state index in [0.717, 1.165) is 16.9 Å². The molecule has 2 N–H and O–H groups in total. The third kappa shape index (κ3) is 3.30. The second-order valence-corrected chi connectivity index (χ2v) is 5.11. The van der Waals surface area contributed by atoms with Gasteiger partial charge in [0, 0.05) is 25.5 Å². The maximum Gasteiger partial charge on any atom is 0.0753 e. The van der Waals surface area contributed by atoms with Gasteiger partial charge < -0.3 is 10.6 Å². The summed E-state index contributed by atoms with van der Waals surface area (Å²) in [6.45, 7) is 0. The summed E-state index contributed by atoms with van der Waals surface area (Å²) in [7, 11) is 4.03. The molecule has 0 saturated heterocycles. The Hall–Kier alpha value is -2.47. The smallest absolute Gasteiger partial charge is 0.0753 e. The monoisotopic (exact) mass is 265 g/mol. The summed E-state index contributed by atoms with van der Waals surface area (Å²) in [4.78, 5) is 2.06. The molecule has 0 spiro atoms. The van der Waals surface area contributed by atoms with E-state index in [9.17, 15) is 5.26 Å². The molecule has 0 aliphatic heterocycles. The quantitative estimate of drug-likeness (QED) is 0.864. The summed E-state index contributed by atoms with van der Waals surface area (Å²) in [5.74, 6) is -0.138. The van der Waals surface area contributed by atoms with E-state index >= 15 is 0 Å². The Morgan fingerprint density at radius 1 is 1.05 bits per heavy atom. The van der Waals surface area contributed by atoms with Gasteiger partial charge in [-0.2, -0.15) is 5.26 Å². The van der Waals surface area contributed by atoms with Crippen LogP contribution in [0.5, 0.6) is 0 Å². The minimum atomic E-state index is -0.138. The Balaban J connectivity index is 2.14. The molecule has 1 atom stereocenters. The number of nitriles is 1. The summed E-state index contributed by atoms with van der Waals surface area (Å²) < 4.78 is 0. The standard InChI is InChI=1S/C17H19N3/c1-20(2)17-9-3-13(4-10-17)11-15(12-18)14-5-7-16(19)8-6-14/h3-10,15H,11,19H2,1-2H3/t15-/m1/s1. The van der Waals surface area contributed by atoms with Gasteiger partial charge in [0.2, 0.25) is 0 Å². The minimum absolute atomic E-state index is 0.138. The lowest BCUT2D eigenvalue weighted by Crippen LogP contribution is -2.08. The molecule has 0 radical (unpaired) electrons. The van der Waals surface area contributed by atoms with Crippen molar-refractivity contribution < 1.29 is 0 Å². The number of hydrogen-bond donors (Lipinski definition) is 1. The molecule has 3 heteroatoms. The largest absolute Gasteiger partial charge is 0.399 e. The number of nitrogens with zero attached hydrogens (tertiary/aromatic N) is 2. The lowest BCUT2D eigenvalue weighted by Gasteiger charge is -2.14. The molecule has 3 nitrogen and oxygen atoms in total. The van der Waals surface area contributed by atoms with Gasteiger partial charge in [-0.15, -0.1) is 0 Å². The second-order valence-electron chi connectivity index (χ2n) is 5.11. The van der Waals surface area contributed by atoms with Crippen LogP contribution < -0.4 is 10.6 Å². The topological polar surface area (TPSA) is 53.0 Å². The molecule has 102 valence electrons. The van der Waals surface area contributed by atoms with Gasteiger partial charge in [0.05, 0.1) is 12.0 Å². The number of rotatable bonds is 4. The van der Waals surface area contributed by atoms with Crippen LogP contribution in [0.1, 0.15) is 17.0 Å². The van der Waals surface area contributed by atoms with Gasteiger partial charge in [-0.25, -0.2) is 0 Å². The lowest BCUT2D eigenvalue weighted by atomic mass is 9.93. The van der Waals surface area contributed by atoms with Gasteiger partial charge in [0.25, 0.3) is 0 Å². The van der Waals surface area contributed by atoms with Crippen LogP contribution in [-0.4, -0.2) is 14.1 Å². The number of benzene rings is 2. The van der Waals surface area contributed by atoms with E-state index in [1.165, 1.54) is 5.56 Å². The van der Waals surface area contributed by atoms with Crippen molar-refractivity contribution in [1.82, 2.24) is 0 Å². The molecule has 0 saturated carbocycles. The van der Waals surface area contributed by atoms with Crippen molar-refractivity contribution in [2.75, 3.05) is 24.7 Å². The van der Waals surface area contributed by atoms with E-state index in [-0.39, 0.29) is 5.92 Å². The molecule has 0 aliphatic carbocycles. The number of nitrogen functional groups attached to an aromatic ring is 1. The molecular weight excluding hydrogens is 246 g/mol.